The first-order valence-electron chi connectivity index (χ1n) is 7.83. The van der Waals surface area contributed by atoms with Crippen LogP contribution in [0.3, 0.4) is 0 Å². The Hall–Kier alpha value is -2.89. The van der Waals surface area contributed by atoms with Crippen molar-refractivity contribution >= 4 is 16.9 Å². The van der Waals surface area contributed by atoms with Crippen LogP contribution in [0.2, 0.25) is 0 Å². The number of fused-ring (bicyclic) bond motifs is 1. The van der Waals surface area contributed by atoms with Crippen molar-refractivity contribution in [1.82, 2.24) is 20.3 Å². The Kier molecular flexibility index (Phi) is 3.97. The highest BCUT2D eigenvalue weighted by Gasteiger charge is 2.17. The van der Waals surface area contributed by atoms with Crippen molar-refractivity contribution in [3.8, 4) is 0 Å². The molecule has 0 saturated heterocycles. The lowest BCUT2D eigenvalue weighted by atomic mass is 10.1. The first-order chi connectivity index (χ1) is 11.3. The highest BCUT2D eigenvalue weighted by atomic mass is 16.2. The zero-order chi connectivity index (χ0) is 17.4. The molecule has 1 unspecified atom stereocenters. The number of aromatic nitrogens is 3. The first-order valence-corrected chi connectivity index (χ1v) is 7.83. The molecule has 3 rings (SSSR count). The van der Waals surface area contributed by atoms with Crippen molar-refractivity contribution in [1.29, 1.82) is 0 Å². The Bertz CT molecular complexity index is 984. The van der Waals surface area contributed by atoms with Gasteiger partial charge in [-0.1, -0.05) is 6.07 Å². The minimum atomic E-state index is -0.413. The number of amides is 1. The molecule has 24 heavy (non-hydrogen) atoms. The number of nitrogens with one attached hydrogen (secondary N) is 3. The molecule has 0 aliphatic carbocycles. The maximum absolute atomic E-state index is 12.4. The Labute approximate surface area is 139 Å². The van der Waals surface area contributed by atoms with Crippen LogP contribution in [0, 0.1) is 20.8 Å². The van der Waals surface area contributed by atoms with Crippen LogP contribution in [0.15, 0.2) is 29.1 Å². The van der Waals surface area contributed by atoms with Crippen molar-refractivity contribution in [3.63, 3.8) is 0 Å². The number of hydrogen-bond donors (Lipinski definition) is 3. The molecule has 0 bridgehead atoms. The van der Waals surface area contributed by atoms with Gasteiger partial charge in [0.15, 0.2) is 0 Å². The summed E-state index contributed by atoms with van der Waals surface area (Å²) in [4.78, 5) is 34.8. The van der Waals surface area contributed by atoms with E-state index in [0.29, 0.717) is 5.82 Å². The summed E-state index contributed by atoms with van der Waals surface area (Å²) in [6.45, 7) is 7.50. The van der Waals surface area contributed by atoms with Crippen LogP contribution >= 0.6 is 0 Å². The van der Waals surface area contributed by atoms with E-state index in [1.807, 2.05) is 39.0 Å². The summed E-state index contributed by atoms with van der Waals surface area (Å²) < 4.78 is 0. The lowest BCUT2D eigenvalue weighted by molar-refractivity contribution is 0.0937. The number of H-pyrrole nitrogens is 2. The minimum Gasteiger partial charge on any atom is -0.342 e. The third-order valence-electron chi connectivity index (χ3n) is 4.16. The third-order valence-corrected chi connectivity index (χ3v) is 4.16. The lowest BCUT2D eigenvalue weighted by Crippen LogP contribution is -2.32. The second-order valence-electron chi connectivity index (χ2n) is 6.16. The highest BCUT2D eigenvalue weighted by Crippen LogP contribution is 2.17. The van der Waals surface area contributed by atoms with Gasteiger partial charge in [-0.25, -0.2) is 4.98 Å². The Morgan fingerprint density at radius 3 is 2.67 bits per heavy atom. The molecule has 0 fully saturated rings. The molecule has 2 heterocycles. The molecular weight excluding hydrogens is 304 g/mol. The largest absolute Gasteiger partial charge is 0.342 e. The average Bonchev–Trinajstić information content (AvgIpc) is 2.93. The van der Waals surface area contributed by atoms with Gasteiger partial charge in [-0.3, -0.25) is 9.59 Å². The number of pyridine rings is 1. The molecule has 6 nitrogen and oxygen atoms in total. The first kappa shape index (κ1) is 16.0. The van der Waals surface area contributed by atoms with Crippen LogP contribution in [-0.2, 0) is 0 Å². The quantitative estimate of drug-likeness (QED) is 0.692. The highest BCUT2D eigenvalue weighted by molar-refractivity contribution is 5.94. The van der Waals surface area contributed by atoms with E-state index >= 15 is 0 Å². The van der Waals surface area contributed by atoms with E-state index in [4.69, 9.17) is 0 Å². The fourth-order valence-corrected chi connectivity index (χ4v) is 2.59. The van der Waals surface area contributed by atoms with Gasteiger partial charge in [0, 0.05) is 5.69 Å². The standard InChI is InChI=1S/C18H20N4O2/c1-9-5-6-14-15(7-9)22-16(21-14)12(4)20-18(24)13-8-10(2)11(3)19-17(13)23/h5-8,12H,1-4H3,(H,19,23)(H,20,24)(H,21,22). The molecule has 0 aliphatic rings. The van der Waals surface area contributed by atoms with Crippen molar-refractivity contribution in [2.75, 3.05) is 0 Å². The van der Waals surface area contributed by atoms with Gasteiger partial charge in [0.25, 0.3) is 11.5 Å². The number of imidazole rings is 1. The molecule has 0 saturated carbocycles. The molecular formula is C18H20N4O2. The third kappa shape index (κ3) is 2.95. The van der Waals surface area contributed by atoms with E-state index in [-0.39, 0.29) is 17.2 Å². The maximum Gasteiger partial charge on any atom is 0.261 e. The molecule has 1 atom stereocenters. The Balaban J connectivity index is 1.85. The number of nitrogens with zero attached hydrogens (tertiary/aromatic N) is 1. The van der Waals surface area contributed by atoms with Gasteiger partial charge in [-0.15, -0.1) is 0 Å². The molecule has 0 aliphatic heterocycles. The van der Waals surface area contributed by atoms with Crippen LogP contribution in [-0.4, -0.2) is 20.9 Å². The van der Waals surface area contributed by atoms with Gasteiger partial charge in [0.1, 0.15) is 11.4 Å². The van der Waals surface area contributed by atoms with Crippen LogP contribution in [0.1, 0.15) is 46.0 Å². The zero-order valence-corrected chi connectivity index (χ0v) is 14.2. The molecule has 1 aromatic carbocycles. The predicted octanol–water partition coefficient (Wildman–Crippen LogP) is 2.67. The zero-order valence-electron chi connectivity index (χ0n) is 14.2. The molecule has 6 heteroatoms. The van der Waals surface area contributed by atoms with Gasteiger partial charge < -0.3 is 15.3 Å². The predicted molar refractivity (Wildman–Crippen MR) is 93.2 cm³/mol. The lowest BCUT2D eigenvalue weighted by Gasteiger charge is -2.11. The van der Waals surface area contributed by atoms with Crippen LogP contribution in [0.4, 0.5) is 0 Å². The summed E-state index contributed by atoms with van der Waals surface area (Å²) in [6.07, 6.45) is 0. The second kappa shape index (κ2) is 5.96. The second-order valence-corrected chi connectivity index (χ2v) is 6.16. The summed E-state index contributed by atoms with van der Waals surface area (Å²) in [7, 11) is 0. The van der Waals surface area contributed by atoms with E-state index in [0.717, 1.165) is 27.9 Å². The number of benzene rings is 1. The molecule has 124 valence electrons. The summed E-state index contributed by atoms with van der Waals surface area (Å²) in [5, 5.41) is 2.82. The van der Waals surface area contributed by atoms with E-state index < -0.39 is 5.91 Å². The monoisotopic (exact) mass is 324 g/mol. The number of carbonyl (C=O) groups excluding carboxylic acids is 1. The summed E-state index contributed by atoms with van der Waals surface area (Å²) in [5.74, 6) is 0.243. The van der Waals surface area contributed by atoms with Crippen LogP contribution in [0.5, 0.6) is 0 Å². The number of aryl methyl sites for hydroxylation is 3. The van der Waals surface area contributed by atoms with Gasteiger partial charge in [0.05, 0.1) is 17.1 Å². The summed E-state index contributed by atoms with van der Waals surface area (Å²) in [6, 6.07) is 7.20. The molecule has 0 spiro atoms. The summed E-state index contributed by atoms with van der Waals surface area (Å²) in [5.41, 5.74) is 4.26. The maximum atomic E-state index is 12.4. The fraction of sp³-hybridized carbons (Fsp3) is 0.278. The van der Waals surface area contributed by atoms with Crippen molar-refractivity contribution in [3.05, 3.63) is 62.8 Å². The van der Waals surface area contributed by atoms with Crippen molar-refractivity contribution in [2.24, 2.45) is 0 Å². The van der Waals surface area contributed by atoms with E-state index in [2.05, 4.69) is 20.3 Å². The topological polar surface area (TPSA) is 90.6 Å². The van der Waals surface area contributed by atoms with Crippen molar-refractivity contribution < 1.29 is 4.79 Å². The number of hydrogen-bond acceptors (Lipinski definition) is 3. The molecule has 3 aromatic rings. The Morgan fingerprint density at radius 1 is 1.17 bits per heavy atom. The van der Waals surface area contributed by atoms with E-state index in [1.165, 1.54) is 0 Å². The van der Waals surface area contributed by atoms with Gasteiger partial charge >= 0.3 is 0 Å². The van der Waals surface area contributed by atoms with Gasteiger partial charge in [0.2, 0.25) is 0 Å². The van der Waals surface area contributed by atoms with E-state index in [1.54, 1.807) is 13.0 Å². The Morgan fingerprint density at radius 2 is 1.92 bits per heavy atom. The van der Waals surface area contributed by atoms with Gasteiger partial charge in [-0.2, -0.15) is 0 Å². The average molecular weight is 324 g/mol. The number of aromatic amines is 2. The molecule has 0 radical (unpaired) electrons. The summed E-state index contributed by atoms with van der Waals surface area (Å²) >= 11 is 0. The SMILES string of the molecule is Cc1ccc2nc(C(C)NC(=O)c3cc(C)c(C)[nH]c3=O)[nH]c2c1. The van der Waals surface area contributed by atoms with Crippen LogP contribution < -0.4 is 10.9 Å². The minimum absolute atomic E-state index is 0.108. The van der Waals surface area contributed by atoms with Crippen LogP contribution in [0.25, 0.3) is 11.0 Å². The van der Waals surface area contributed by atoms with Crippen molar-refractivity contribution in [2.45, 2.75) is 33.7 Å². The van der Waals surface area contributed by atoms with E-state index in [9.17, 15) is 9.59 Å². The fourth-order valence-electron chi connectivity index (χ4n) is 2.59. The number of rotatable bonds is 3. The molecule has 3 N–H and O–H groups in total. The molecule has 1 amide bonds. The van der Waals surface area contributed by atoms with Gasteiger partial charge in [-0.05, 0) is 57.0 Å². The normalized spacial score (nSPS) is 12.3. The smallest absolute Gasteiger partial charge is 0.261 e. The number of carbonyl (C=O) groups is 1. The molecule has 2 aromatic heterocycles.